The highest BCUT2D eigenvalue weighted by molar-refractivity contribution is 7.99. The molecular weight excluding hydrogens is 226 g/mol. The molecule has 2 heterocycles. The number of aryl methyl sites for hydroxylation is 1. The lowest BCUT2D eigenvalue weighted by atomic mass is 10.3. The molecule has 0 aromatic carbocycles. The molecule has 1 saturated heterocycles. The first-order chi connectivity index (χ1) is 7.72. The maximum absolute atomic E-state index is 10.8. The molecule has 5 nitrogen and oxygen atoms in total. The van der Waals surface area contributed by atoms with E-state index in [9.17, 15) is 4.79 Å². The third-order valence-electron chi connectivity index (χ3n) is 2.53. The molecule has 1 fully saturated rings. The number of carboxylic acid groups (broad SMARTS) is 1. The first-order valence-corrected chi connectivity index (χ1v) is 6.39. The molecule has 2 rings (SSSR count). The van der Waals surface area contributed by atoms with Gasteiger partial charge in [-0.25, -0.2) is 0 Å². The third kappa shape index (κ3) is 2.22. The summed E-state index contributed by atoms with van der Waals surface area (Å²) in [6.07, 6.45) is 2.79. The van der Waals surface area contributed by atoms with Crippen LogP contribution in [0, 0.1) is 0 Å². The molecule has 0 saturated carbocycles. The molecule has 0 radical (unpaired) electrons. The number of carboxylic acids is 1. The molecule has 1 unspecified atom stereocenters. The van der Waals surface area contributed by atoms with Crippen LogP contribution in [0.15, 0.2) is 12.3 Å². The van der Waals surface area contributed by atoms with Crippen LogP contribution < -0.4 is 5.32 Å². The highest BCUT2D eigenvalue weighted by Crippen LogP contribution is 2.32. The minimum Gasteiger partial charge on any atom is -0.480 e. The molecule has 2 atom stereocenters. The fraction of sp³-hybridized carbons (Fsp3) is 0.600. The quantitative estimate of drug-likeness (QED) is 0.825. The van der Waals surface area contributed by atoms with Crippen LogP contribution in [0.2, 0.25) is 0 Å². The Kier molecular flexibility index (Phi) is 3.50. The Bertz CT molecular complexity index is 380. The van der Waals surface area contributed by atoms with Gasteiger partial charge >= 0.3 is 5.97 Å². The second-order valence-corrected chi connectivity index (χ2v) is 4.89. The molecule has 0 spiro atoms. The van der Waals surface area contributed by atoms with E-state index in [2.05, 4.69) is 17.3 Å². The van der Waals surface area contributed by atoms with Gasteiger partial charge < -0.3 is 5.11 Å². The number of thioether (sulfide) groups is 1. The standard InChI is InChI=1S/C10H15N3O2S/c1-2-5-13-8(3-4-11-13)9-12-7(6-16-9)10(14)15/h3-4,7,9,12H,2,5-6H2,1H3,(H,14,15)/t7-,9?/m1/s1. The Morgan fingerprint density at radius 3 is 3.25 bits per heavy atom. The SMILES string of the molecule is CCCn1nccc1C1N[C@@H](C(=O)O)CS1. The second kappa shape index (κ2) is 4.88. The van der Waals surface area contributed by atoms with Gasteiger partial charge in [-0.15, -0.1) is 11.8 Å². The van der Waals surface area contributed by atoms with Crippen LogP contribution >= 0.6 is 11.8 Å². The van der Waals surface area contributed by atoms with E-state index >= 15 is 0 Å². The number of aromatic nitrogens is 2. The number of nitrogens with one attached hydrogen (secondary N) is 1. The predicted octanol–water partition coefficient (Wildman–Crippen LogP) is 1.08. The van der Waals surface area contributed by atoms with Crippen LogP contribution in [0.5, 0.6) is 0 Å². The minimum absolute atomic E-state index is 0.0511. The van der Waals surface area contributed by atoms with Crippen molar-refractivity contribution in [3.05, 3.63) is 18.0 Å². The van der Waals surface area contributed by atoms with Gasteiger partial charge in [0, 0.05) is 18.5 Å². The molecule has 1 aromatic rings. The number of carbonyl (C=O) groups is 1. The van der Waals surface area contributed by atoms with Crippen LogP contribution in [0.3, 0.4) is 0 Å². The van der Waals surface area contributed by atoms with Gasteiger partial charge in [0.25, 0.3) is 0 Å². The molecule has 0 amide bonds. The van der Waals surface area contributed by atoms with Crippen molar-refractivity contribution in [1.29, 1.82) is 0 Å². The molecule has 0 aliphatic carbocycles. The molecule has 2 N–H and O–H groups in total. The summed E-state index contributed by atoms with van der Waals surface area (Å²) in [6.45, 7) is 2.97. The first-order valence-electron chi connectivity index (χ1n) is 5.34. The van der Waals surface area contributed by atoms with Crippen LogP contribution in [0.1, 0.15) is 24.4 Å². The molecule has 88 valence electrons. The van der Waals surface area contributed by atoms with Gasteiger partial charge in [0.05, 0.1) is 11.1 Å². The zero-order chi connectivity index (χ0) is 11.5. The molecule has 0 bridgehead atoms. The van der Waals surface area contributed by atoms with Crippen LogP contribution in [0.4, 0.5) is 0 Å². The number of hydrogen-bond acceptors (Lipinski definition) is 4. The van der Waals surface area contributed by atoms with Crippen LogP contribution in [-0.2, 0) is 11.3 Å². The molecule has 16 heavy (non-hydrogen) atoms. The van der Waals surface area contributed by atoms with E-state index in [-0.39, 0.29) is 5.37 Å². The average Bonchev–Trinajstić information content (AvgIpc) is 2.84. The number of rotatable bonds is 4. The molecule has 1 aliphatic rings. The number of hydrogen-bond donors (Lipinski definition) is 2. The zero-order valence-corrected chi connectivity index (χ0v) is 9.91. The Morgan fingerprint density at radius 1 is 1.81 bits per heavy atom. The lowest BCUT2D eigenvalue weighted by molar-refractivity contribution is -0.138. The Morgan fingerprint density at radius 2 is 2.62 bits per heavy atom. The minimum atomic E-state index is -0.781. The molecular formula is C10H15N3O2S. The summed E-state index contributed by atoms with van der Waals surface area (Å²) in [5.74, 6) is -0.173. The summed E-state index contributed by atoms with van der Waals surface area (Å²) in [5, 5.41) is 16.3. The lowest BCUT2D eigenvalue weighted by Gasteiger charge is -2.13. The zero-order valence-electron chi connectivity index (χ0n) is 9.09. The monoisotopic (exact) mass is 241 g/mol. The summed E-state index contributed by atoms with van der Waals surface area (Å²) >= 11 is 1.62. The average molecular weight is 241 g/mol. The fourth-order valence-corrected chi connectivity index (χ4v) is 3.00. The number of nitrogens with zero attached hydrogens (tertiary/aromatic N) is 2. The van der Waals surface area contributed by atoms with Gasteiger partial charge in [-0.3, -0.25) is 14.8 Å². The van der Waals surface area contributed by atoms with E-state index in [0.29, 0.717) is 5.75 Å². The van der Waals surface area contributed by atoms with E-state index in [1.54, 1.807) is 18.0 Å². The van der Waals surface area contributed by atoms with Crippen molar-refractivity contribution in [2.75, 3.05) is 5.75 Å². The summed E-state index contributed by atoms with van der Waals surface area (Å²) in [7, 11) is 0. The van der Waals surface area contributed by atoms with E-state index in [1.807, 2.05) is 10.7 Å². The van der Waals surface area contributed by atoms with Crippen molar-refractivity contribution < 1.29 is 9.90 Å². The molecule has 1 aromatic heterocycles. The summed E-state index contributed by atoms with van der Waals surface area (Å²) < 4.78 is 1.94. The lowest BCUT2D eigenvalue weighted by Crippen LogP contribution is -2.34. The van der Waals surface area contributed by atoms with E-state index in [1.165, 1.54) is 0 Å². The summed E-state index contributed by atoms with van der Waals surface area (Å²) in [5.41, 5.74) is 1.07. The van der Waals surface area contributed by atoms with E-state index in [0.717, 1.165) is 18.7 Å². The Labute approximate surface area is 98.2 Å². The topological polar surface area (TPSA) is 67.2 Å². The van der Waals surface area contributed by atoms with Crippen LogP contribution in [0.25, 0.3) is 0 Å². The van der Waals surface area contributed by atoms with E-state index in [4.69, 9.17) is 5.11 Å². The largest absolute Gasteiger partial charge is 0.480 e. The van der Waals surface area contributed by atoms with Gasteiger partial charge in [0.2, 0.25) is 0 Å². The third-order valence-corrected chi connectivity index (χ3v) is 3.77. The normalized spacial score (nSPS) is 24.8. The van der Waals surface area contributed by atoms with Gasteiger partial charge in [-0.2, -0.15) is 5.10 Å². The van der Waals surface area contributed by atoms with Gasteiger partial charge in [0.1, 0.15) is 6.04 Å². The fourth-order valence-electron chi connectivity index (χ4n) is 1.75. The highest BCUT2D eigenvalue weighted by atomic mass is 32.2. The van der Waals surface area contributed by atoms with Crippen molar-refractivity contribution in [3.8, 4) is 0 Å². The predicted molar refractivity (Wildman–Crippen MR) is 62.3 cm³/mol. The van der Waals surface area contributed by atoms with Gasteiger partial charge in [0.15, 0.2) is 0 Å². The van der Waals surface area contributed by atoms with Crippen molar-refractivity contribution in [2.24, 2.45) is 0 Å². The summed E-state index contributed by atoms with van der Waals surface area (Å²) in [6, 6.07) is 1.50. The summed E-state index contributed by atoms with van der Waals surface area (Å²) in [4.78, 5) is 10.8. The van der Waals surface area contributed by atoms with Crippen LogP contribution in [-0.4, -0.2) is 32.7 Å². The van der Waals surface area contributed by atoms with Crippen molar-refractivity contribution in [2.45, 2.75) is 31.3 Å². The molecule has 1 aliphatic heterocycles. The van der Waals surface area contributed by atoms with Gasteiger partial charge in [-0.1, -0.05) is 6.92 Å². The van der Waals surface area contributed by atoms with Crippen molar-refractivity contribution in [1.82, 2.24) is 15.1 Å². The van der Waals surface area contributed by atoms with Crippen molar-refractivity contribution in [3.63, 3.8) is 0 Å². The highest BCUT2D eigenvalue weighted by Gasteiger charge is 2.31. The van der Waals surface area contributed by atoms with Gasteiger partial charge in [-0.05, 0) is 12.5 Å². The maximum atomic E-state index is 10.8. The molecule has 6 heteroatoms. The smallest absolute Gasteiger partial charge is 0.321 e. The second-order valence-electron chi connectivity index (χ2n) is 3.75. The maximum Gasteiger partial charge on any atom is 0.321 e. The van der Waals surface area contributed by atoms with Crippen molar-refractivity contribution >= 4 is 17.7 Å². The Balaban J connectivity index is 2.08. The first kappa shape index (κ1) is 11.5. The Hall–Kier alpha value is -1.01. The van der Waals surface area contributed by atoms with E-state index < -0.39 is 12.0 Å². The number of aliphatic carboxylic acids is 1.